The van der Waals surface area contributed by atoms with E-state index in [1.54, 1.807) is 0 Å². The summed E-state index contributed by atoms with van der Waals surface area (Å²) < 4.78 is 10.1. The molecule has 0 saturated heterocycles. The van der Waals surface area contributed by atoms with Crippen molar-refractivity contribution in [3.63, 3.8) is 0 Å². The lowest BCUT2D eigenvalue weighted by atomic mass is 9.87. The van der Waals surface area contributed by atoms with Gasteiger partial charge in [-0.15, -0.1) is 0 Å². The van der Waals surface area contributed by atoms with Crippen LogP contribution in [-0.2, 0) is 15.9 Å². The lowest BCUT2D eigenvalue weighted by molar-refractivity contribution is -0.0575. The maximum atomic E-state index is 11.0. The van der Waals surface area contributed by atoms with Crippen LogP contribution in [0.25, 0.3) is 0 Å². The first-order chi connectivity index (χ1) is 11.5. The molecule has 0 amide bonds. The molecule has 0 radical (unpaired) electrons. The Morgan fingerprint density at radius 2 is 1.67 bits per heavy atom. The van der Waals surface area contributed by atoms with E-state index in [0.29, 0.717) is 25.8 Å². The van der Waals surface area contributed by atoms with Gasteiger partial charge in [0.1, 0.15) is 12.2 Å². The van der Waals surface area contributed by atoms with Gasteiger partial charge in [0.25, 0.3) is 0 Å². The number of hydrogen-bond donors (Lipinski definition) is 3. The minimum atomic E-state index is -1.34. The van der Waals surface area contributed by atoms with Gasteiger partial charge in [-0.2, -0.15) is 0 Å². The van der Waals surface area contributed by atoms with Crippen molar-refractivity contribution in [1.29, 1.82) is 0 Å². The van der Waals surface area contributed by atoms with Crippen LogP contribution >= 0.6 is 0 Å². The SMILES string of the molecule is O=C(O)OC1CC2CC(OC(=O)O)C1(NCCc1ccccc1)C2. The van der Waals surface area contributed by atoms with Crippen molar-refractivity contribution in [2.45, 2.75) is 43.4 Å². The number of hydrogen-bond acceptors (Lipinski definition) is 5. The van der Waals surface area contributed by atoms with E-state index in [1.165, 1.54) is 0 Å². The molecule has 2 aliphatic rings. The molecule has 1 aromatic rings. The molecule has 24 heavy (non-hydrogen) atoms. The molecule has 1 aromatic carbocycles. The minimum absolute atomic E-state index is 0.211. The highest BCUT2D eigenvalue weighted by atomic mass is 16.7. The molecular weight excluding hydrogens is 314 g/mol. The van der Waals surface area contributed by atoms with Gasteiger partial charge in [0.15, 0.2) is 0 Å². The lowest BCUT2D eigenvalue weighted by Gasteiger charge is -2.39. The van der Waals surface area contributed by atoms with Gasteiger partial charge in [0.2, 0.25) is 0 Å². The average molecular weight is 335 g/mol. The summed E-state index contributed by atoms with van der Waals surface area (Å²) in [5.41, 5.74) is 0.385. The van der Waals surface area contributed by atoms with E-state index in [-0.39, 0.29) is 5.92 Å². The molecule has 2 atom stereocenters. The summed E-state index contributed by atoms with van der Waals surface area (Å²) in [5.74, 6) is 0.211. The monoisotopic (exact) mass is 335 g/mol. The number of ether oxygens (including phenoxy) is 2. The number of benzene rings is 1. The molecular formula is C17H21NO6. The Balaban J connectivity index is 1.71. The zero-order valence-electron chi connectivity index (χ0n) is 13.2. The Kier molecular flexibility index (Phi) is 4.62. The zero-order valence-corrected chi connectivity index (χ0v) is 13.2. The molecule has 0 aromatic heterocycles. The summed E-state index contributed by atoms with van der Waals surface area (Å²) in [7, 11) is 0. The summed E-state index contributed by atoms with van der Waals surface area (Å²) in [6.07, 6.45) is -1.24. The molecule has 0 heterocycles. The van der Waals surface area contributed by atoms with Crippen LogP contribution in [0.3, 0.4) is 0 Å². The van der Waals surface area contributed by atoms with Crippen LogP contribution in [0.4, 0.5) is 9.59 Å². The van der Waals surface area contributed by atoms with Gasteiger partial charge in [-0.05, 0) is 43.7 Å². The van der Waals surface area contributed by atoms with Gasteiger partial charge < -0.3 is 25.0 Å². The third-order valence-corrected chi connectivity index (χ3v) is 5.07. The van der Waals surface area contributed by atoms with Crippen LogP contribution in [0.2, 0.25) is 0 Å². The van der Waals surface area contributed by atoms with E-state index < -0.39 is 30.1 Å². The maximum absolute atomic E-state index is 11.0. The van der Waals surface area contributed by atoms with Crippen molar-refractivity contribution < 1.29 is 29.3 Å². The van der Waals surface area contributed by atoms with Gasteiger partial charge in [-0.3, -0.25) is 0 Å². The Labute approximate surface area is 139 Å². The average Bonchev–Trinajstić information content (AvgIpc) is 3.01. The fourth-order valence-electron chi connectivity index (χ4n) is 4.17. The van der Waals surface area contributed by atoms with Gasteiger partial charge in [0.05, 0.1) is 5.54 Å². The minimum Gasteiger partial charge on any atom is -0.450 e. The third kappa shape index (κ3) is 3.31. The van der Waals surface area contributed by atoms with Crippen molar-refractivity contribution in [2.24, 2.45) is 5.92 Å². The number of rotatable bonds is 6. The van der Waals surface area contributed by atoms with Crippen molar-refractivity contribution in [2.75, 3.05) is 6.54 Å². The quantitative estimate of drug-likeness (QED) is 0.686. The molecule has 3 N–H and O–H groups in total. The highest BCUT2D eigenvalue weighted by Gasteiger charge is 2.61. The van der Waals surface area contributed by atoms with Crippen molar-refractivity contribution >= 4 is 12.3 Å². The Hall–Kier alpha value is -2.28. The molecule has 0 spiro atoms. The summed E-state index contributed by atoms with van der Waals surface area (Å²) in [4.78, 5) is 22.0. The number of fused-ring (bicyclic) bond motifs is 2. The molecule has 7 heteroatoms. The van der Waals surface area contributed by atoms with E-state index >= 15 is 0 Å². The predicted octanol–water partition coefficient (Wildman–Crippen LogP) is 2.50. The Morgan fingerprint density at radius 1 is 1.08 bits per heavy atom. The third-order valence-electron chi connectivity index (χ3n) is 5.07. The summed E-state index contributed by atoms with van der Waals surface area (Å²) >= 11 is 0. The molecule has 130 valence electrons. The molecule has 7 nitrogen and oxygen atoms in total. The van der Waals surface area contributed by atoms with Crippen molar-refractivity contribution in [3.05, 3.63) is 35.9 Å². The number of carboxylic acid groups (broad SMARTS) is 2. The molecule has 2 aliphatic carbocycles. The summed E-state index contributed by atoms with van der Waals surface area (Å²) in [6, 6.07) is 9.90. The first-order valence-electron chi connectivity index (χ1n) is 8.08. The standard InChI is InChI=1S/C17H21NO6/c19-15(20)23-13-8-12-9-14(24-16(21)22)17(13,10-12)18-7-6-11-4-2-1-3-5-11/h1-5,12-14,18H,6-10H2,(H,19,20)(H,21,22). The van der Waals surface area contributed by atoms with E-state index in [1.807, 2.05) is 30.3 Å². The van der Waals surface area contributed by atoms with Crippen LogP contribution < -0.4 is 5.32 Å². The van der Waals surface area contributed by atoms with Crippen molar-refractivity contribution in [3.8, 4) is 0 Å². The van der Waals surface area contributed by atoms with Crippen molar-refractivity contribution in [1.82, 2.24) is 5.32 Å². The molecule has 3 rings (SSSR count). The Morgan fingerprint density at radius 3 is 2.21 bits per heavy atom. The molecule has 2 unspecified atom stereocenters. The second-order valence-electron chi connectivity index (χ2n) is 6.49. The predicted molar refractivity (Wildman–Crippen MR) is 84.0 cm³/mol. The highest BCUT2D eigenvalue weighted by molar-refractivity contribution is 5.58. The Bertz CT molecular complexity index is 578. The smallest absolute Gasteiger partial charge is 0.450 e. The normalized spacial score (nSPS) is 30.9. The first kappa shape index (κ1) is 16.6. The maximum Gasteiger partial charge on any atom is 0.506 e. The molecule has 0 aliphatic heterocycles. The van der Waals surface area contributed by atoms with E-state index in [4.69, 9.17) is 19.7 Å². The topological polar surface area (TPSA) is 105 Å². The van der Waals surface area contributed by atoms with Gasteiger partial charge in [0, 0.05) is 0 Å². The highest BCUT2D eigenvalue weighted by Crippen LogP contribution is 2.50. The molecule has 2 bridgehead atoms. The van der Waals surface area contributed by atoms with Gasteiger partial charge in [-0.25, -0.2) is 9.59 Å². The van der Waals surface area contributed by atoms with Crippen LogP contribution in [0.15, 0.2) is 30.3 Å². The fraction of sp³-hybridized carbons (Fsp3) is 0.529. The van der Waals surface area contributed by atoms with E-state index in [0.717, 1.165) is 12.0 Å². The fourth-order valence-corrected chi connectivity index (χ4v) is 4.17. The summed E-state index contributed by atoms with van der Waals surface area (Å²) in [6.45, 7) is 0.593. The largest absolute Gasteiger partial charge is 0.506 e. The van der Waals surface area contributed by atoms with E-state index in [9.17, 15) is 9.59 Å². The number of nitrogens with one attached hydrogen (secondary N) is 1. The molecule has 2 saturated carbocycles. The van der Waals surface area contributed by atoms with Crippen LogP contribution in [0.1, 0.15) is 24.8 Å². The van der Waals surface area contributed by atoms with Gasteiger partial charge >= 0.3 is 12.3 Å². The summed E-state index contributed by atoms with van der Waals surface area (Å²) in [5, 5.41) is 21.3. The second-order valence-corrected chi connectivity index (χ2v) is 6.49. The first-order valence-corrected chi connectivity index (χ1v) is 8.08. The van der Waals surface area contributed by atoms with Crippen LogP contribution in [0.5, 0.6) is 0 Å². The second kappa shape index (κ2) is 6.68. The lowest BCUT2D eigenvalue weighted by Crippen LogP contribution is -2.61. The van der Waals surface area contributed by atoms with Gasteiger partial charge in [-0.1, -0.05) is 30.3 Å². The van der Waals surface area contributed by atoms with E-state index in [2.05, 4.69) is 5.32 Å². The van der Waals surface area contributed by atoms with Crippen LogP contribution in [0, 0.1) is 5.92 Å². The van der Waals surface area contributed by atoms with Crippen LogP contribution in [-0.4, -0.2) is 46.8 Å². The number of carbonyl (C=O) groups is 2. The zero-order chi connectivity index (χ0) is 17.2. The molecule has 2 fully saturated rings.